The molecule has 2 aliphatic rings. The van der Waals surface area contributed by atoms with Crippen LogP contribution in [0.3, 0.4) is 0 Å². The molecule has 2 aromatic rings. The van der Waals surface area contributed by atoms with Gasteiger partial charge in [0.2, 0.25) is 0 Å². The molecule has 5 atom stereocenters. The van der Waals surface area contributed by atoms with E-state index < -0.39 is 67.0 Å². The smallest absolute Gasteiger partial charge is 0.198 e. The van der Waals surface area contributed by atoms with Crippen LogP contribution in [-0.2, 0) is 16.1 Å². The zero-order valence-electron chi connectivity index (χ0n) is 16.0. The third-order valence-corrected chi connectivity index (χ3v) is 5.51. The predicted molar refractivity (Wildman–Crippen MR) is 102 cm³/mol. The molecular weight excluding hydrogens is 412 g/mol. The van der Waals surface area contributed by atoms with Crippen LogP contribution in [0.5, 0.6) is 11.5 Å². The van der Waals surface area contributed by atoms with Crippen LogP contribution < -0.4 is 0 Å². The first-order valence-corrected chi connectivity index (χ1v) is 9.44. The van der Waals surface area contributed by atoms with Gasteiger partial charge in [-0.2, -0.15) is 0 Å². The SMILES string of the molecule is O=C1c2ccccc2C(=O)c2c1cc(O)c(CO[C@@H]1O[C@H](CO)[C@@H](O)[C@H](O)[C@H]1O)c2O. The maximum Gasteiger partial charge on any atom is 0.198 e. The van der Waals surface area contributed by atoms with E-state index in [0.717, 1.165) is 6.07 Å². The number of carbonyl (C=O) groups excluding carboxylic acids is 2. The lowest BCUT2D eigenvalue weighted by atomic mass is 9.82. The number of rotatable bonds is 4. The van der Waals surface area contributed by atoms with Crippen molar-refractivity contribution in [3.05, 3.63) is 58.1 Å². The Balaban J connectivity index is 1.64. The molecule has 10 nitrogen and oxygen atoms in total. The Morgan fingerprint density at radius 2 is 1.55 bits per heavy atom. The van der Waals surface area contributed by atoms with Crippen LogP contribution in [0.1, 0.15) is 37.4 Å². The van der Waals surface area contributed by atoms with Gasteiger partial charge in [0.05, 0.1) is 24.3 Å². The Hall–Kier alpha value is -2.86. The fourth-order valence-electron chi connectivity index (χ4n) is 3.78. The molecule has 1 saturated heterocycles. The molecule has 1 fully saturated rings. The average molecular weight is 432 g/mol. The number of aromatic hydroxyl groups is 2. The molecule has 10 heteroatoms. The molecule has 0 amide bonds. The van der Waals surface area contributed by atoms with Crippen molar-refractivity contribution in [2.75, 3.05) is 6.61 Å². The second-order valence-electron chi connectivity index (χ2n) is 7.36. The van der Waals surface area contributed by atoms with Crippen molar-refractivity contribution in [2.24, 2.45) is 0 Å². The van der Waals surface area contributed by atoms with E-state index >= 15 is 0 Å². The highest BCUT2D eigenvalue weighted by atomic mass is 16.7. The molecule has 0 saturated carbocycles. The van der Waals surface area contributed by atoms with E-state index in [-0.39, 0.29) is 27.8 Å². The van der Waals surface area contributed by atoms with Crippen molar-refractivity contribution in [3.8, 4) is 11.5 Å². The Labute approximate surface area is 175 Å². The van der Waals surface area contributed by atoms with Gasteiger partial charge in [0.1, 0.15) is 35.9 Å². The minimum atomic E-state index is -1.69. The molecule has 2 aromatic carbocycles. The van der Waals surface area contributed by atoms with Crippen molar-refractivity contribution in [1.29, 1.82) is 0 Å². The maximum atomic E-state index is 12.9. The topological polar surface area (TPSA) is 174 Å². The summed E-state index contributed by atoms with van der Waals surface area (Å²) in [5, 5.41) is 60.0. The number of carbonyl (C=O) groups is 2. The summed E-state index contributed by atoms with van der Waals surface area (Å²) in [5.41, 5.74) is -0.411. The Morgan fingerprint density at radius 3 is 2.19 bits per heavy atom. The largest absolute Gasteiger partial charge is 0.507 e. The Bertz CT molecular complexity index is 1050. The minimum absolute atomic E-state index is 0.113. The van der Waals surface area contributed by atoms with E-state index in [2.05, 4.69) is 0 Å². The van der Waals surface area contributed by atoms with Crippen LogP contribution in [0.2, 0.25) is 0 Å². The standard InChI is InChI=1S/C21H20O10/c22-6-13-18(27)19(28)20(29)21(31-13)30-7-11-12(23)5-10-14(17(11)26)16(25)9-4-2-1-3-8(9)15(10)24/h1-5,13,18-23,26-29H,6-7H2/t13-,18-,19+,20-,21-/m1/s1. The summed E-state index contributed by atoms with van der Waals surface area (Å²) in [7, 11) is 0. The lowest BCUT2D eigenvalue weighted by molar-refractivity contribution is -0.304. The van der Waals surface area contributed by atoms with E-state index in [0.29, 0.717) is 0 Å². The van der Waals surface area contributed by atoms with Gasteiger partial charge in [-0.05, 0) is 6.07 Å². The molecule has 1 aliphatic heterocycles. The molecule has 1 aliphatic carbocycles. The number of fused-ring (bicyclic) bond motifs is 2. The number of phenolic OH excluding ortho intramolecular Hbond substituents is 2. The Morgan fingerprint density at radius 1 is 0.903 bits per heavy atom. The van der Waals surface area contributed by atoms with Gasteiger partial charge in [0, 0.05) is 16.7 Å². The molecular formula is C21H20O10. The predicted octanol–water partition coefficient (Wildman–Crippen LogP) is -0.810. The maximum absolute atomic E-state index is 12.9. The monoisotopic (exact) mass is 432 g/mol. The van der Waals surface area contributed by atoms with Crippen LogP contribution in [-0.4, -0.2) is 79.5 Å². The van der Waals surface area contributed by atoms with Crippen molar-refractivity contribution in [3.63, 3.8) is 0 Å². The number of hydrogen-bond donors (Lipinski definition) is 6. The summed E-state index contributed by atoms with van der Waals surface area (Å²) in [6.07, 6.45) is -7.64. The van der Waals surface area contributed by atoms with Crippen molar-refractivity contribution in [1.82, 2.24) is 0 Å². The summed E-state index contributed by atoms with van der Waals surface area (Å²) in [5.74, 6) is -2.32. The summed E-state index contributed by atoms with van der Waals surface area (Å²) in [6, 6.07) is 7.15. The lowest BCUT2D eigenvalue weighted by Gasteiger charge is -2.39. The van der Waals surface area contributed by atoms with E-state index in [1.807, 2.05) is 0 Å². The quantitative estimate of drug-likeness (QED) is 0.306. The highest BCUT2D eigenvalue weighted by Gasteiger charge is 2.44. The summed E-state index contributed by atoms with van der Waals surface area (Å²) in [6.45, 7) is -1.23. The summed E-state index contributed by atoms with van der Waals surface area (Å²) in [4.78, 5) is 25.6. The first-order valence-electron chi connectivity index (χ1n) is 9.44. The normalized spacial score (nSPS) is 27.7. The van der Waals surface area contributed by atoms with Gasteiger partial charge >= 0.3 is 0 Å². The zero-order chi connectivity index (χ0) is 22.4. The average Bonchev–Trinajstić information content (AvgIpc) is 2.76. The number of hydrogen-bond acceptors (Lipinski definition) is 10. The molecule has 6 N–H and O–H groups in total. The highest BCUT2D eigenvalue weighted by molar-refractivity contribution is 6.29. The number of benzene rings is 2. The van der Waals surface area contributed by atoms with E-state index in [9.17, 15) is 40.2 Å². The summed E-state index contributed by atoms with van der Waals surface area (Å²) < 4.78 is 10.6. The number of ether oxygens (including phenoxy) is 2. The highest BCUT2D eigenvalue weighted by Crippen LogP contribution is 2.40. The first-order chi connectivity index (χ1) is 14.8. The summed E-state index contributed by atoms with van der Waals surface area (Å²) >= 11 is 0. The molecule has 0 unspecified atom stereocenters. The minimum Gasteiger partial charge on any atom is -0.507 e. The van der Waals surface area contributed by atoms with Gasteiger partial charge < -0.3 is 40.1 Å². The van der Waals surface area contributed by atoms with Crippen LogP contribution in [0.15, 0.2) is 30.3 Å². The van der Waals surface area contributed by atoms with Gasteiger partial charge in [-0.25, -0.2) is 0 Å². The lowest BCUT2D eigenvalue weighted by Crippen LogP contribution is -2.59. The van der Waals surface area contributed by atoms with Crippen LogP contribution in [0.25, 0.3) is 0 Å². The van der Waals surface area contributed by atoms with E-state index in [1.165, 1.54) is 12.1 Å². The molecule has 164 valence electrons. The molecule has 0 radical (unpaired) electrons. The second-order valence-corrected chi connectivity index (χ2v) is 7.36. The zero-order valence-corrected chi connectivity index (χ0v) is 16.0. The van der Waals surface area contributed by atoms with Crippen molar-refractivity contribution < 1.29 is 49.7 Å². The molecule has 1 heterocycles. The Kier molecular flexibility index (Phi) is 5.52. The third kappa shape index (κ3) is 3.39. The van der Waals surface area contributed by atoms with Gasteiger partial charge in [-0.3, -0.25) is 9.59 Å². The number of phenols is 2. The van der Waals surface area contributed by atoms with Crippen LogP contribution in [0, 0.1) is 0 Å². The number of aliphatic hydroxyl groups is 4. The van der Waals surface area contributed by atoms with Gasteiger partial charge in [0.25, 0.3) is 0 Å². The molecule has 0 aromatic heterocycles. The van der Waals surface area contributed by atoms with Crippen LogP contribution in [0.4, 0.5) is 0 Å². The fourth-order valence-corrected chi connectivity index (χ4v) is 3.78. The van der Waals surface area contributed by atoms with E-state index in [1.54, 1.807) is 12.1 Å². The van der Waals surface area contributed by atoms with Crippen molar-refractivity contribution >= 4 is 11.6 Å². The molecule has 31 heavy (non-hydrogen) atoms. The van der Waals surface area contributed by atoms with Crippen molar-refractivity contribution in [2.45, 2.75) is 37.3 Å². The van der Waals surface area contributed by atoms with Gasteiger partial charge in [-0.1, -0.05) is 24.3 Å². The number of ketones is 2. The molecule has 4 rings (SSSR count). The first kappa shape index (κ1) is 21.4. The second kappa shape index (κ2) is 8.00. The van der Waals surface area contributed by atoms with E-state index in [4.69, 9.17) is 9.47 Å². The number of aliphatic hydroxyl groups excluding tert-OH is 4. The third-order valence-electron chi connectivity index (χ3n) is 5.51. The van der Waals surface area contributed by atoms with Crippen LogP contribution >= 0.6 is 0 Å². The molecule has 0 bridgehead atoms. The van der Waals surface area contributed by atoms with Gasteiger partial charge in [-0.15, -0.1) is 0 Å². The molecule has 0 spiro atoms. The fraction of sp³-hybridized carbons (Fsp3) is 0.333. The van der Waals surface area contributed by atoms with Gasteiger partial charge in [0.15, 0.2) is 17.9 Å².